The summed E-state index contributed by atoms with van der Waals surface area (Å²) in [5, 5.41) is 2.72. The van der Waals surface area contributed by atoms with Gasteiger partial charge in [0.05, 0.1) is 5.02 Å². The Morgan fingerprint density at radius 1 is 1.50 bits per heavy atom. The fraction of sp³-hybridized carbons (Fsp3) is 0. The lowest BCUT2D eigenvalue weighted by molar-refractivity contribution is -0.111. The van der Waals surface area contributed by atoms with E-state index in [-0.39, 0.29) is 10.6 Å². The van der Waals surface area contributed by atoms with Crippen LogP contribution in [0, 0.1) is 5.82 Å². The molecule has 0 aliphatic rings. The van der Waals surface area contributed by atoms with Crippen molar-refractivity contribution >= 4 is 29.5 Å². The predicted molar refractivity (Wildman–Crippen MR) is 67.7 cm³/mol. The first-order valence-electron chi connectivity index (χ1n) is 5.09. The van der Waals surface area contributed by atoms with Gasteiger partial charge in [-0.1, -0.05) is 17.7 Å². The van der Waals surface area contributed by atoms with Crippen molar-refractivity contribution in [3.8, 4) is 0 Å². The largest absolute Gasteiger partial charge is 0.331 e. The number of aromatic nitrogens is 2. The number of aromatic amines is 1. The number of carbonyl (C=O) groups excluding carboxylic acids is 1. The first-order valence-corrected chi connectivity index (χ1v) is 5.47. The second kappa shape index (κ2) is 5.46. The smallest absolute Gasteiger partial charge is 0.250 e. The lowest BCUT2D eigenvalue weighted by Gasteiger charge is -2.00. The number of H-pyrrole nitrogens is 1. The number of hydrogen-bond acceptors (Lipinski definition) is 2. The average molecular weight is 266 g/mol. The van der Waals surface area contributed by atoms with Gasteiger partial charge in [0.15, 0.2) is 0 Å². The molecule has 0 aliphatic heterocycles. The molecule has 0 spiro atoms. The van der Waals surface area contributed by atoms with Crippen molar-refractivity contribution in [1.82, 2.24) is 9.97 Å². The third kappa shape index (κ3) is 2.95. The number of benzene rings is 1. The molecule has 92 valence electrons. The van der Waals surface area contributed by atoms with Gasteiger partial charge in [-0.05, 0) is 18.2 Å². The van der Waals surface area contributed by atoms with Gasteiger partial charge in [-0.3, -0.25) is 10.1 Å². The van der Waals surface area contributed by atoms with Crippen molar-refractivity contribution in [1.29, 1.82) is 0 Å². The van der Waals surface area contributed by atoms with Crippen LogP contribution in [0.2, 0.25) is 5.02 Å². The minimum Gasteiger partial charge on any atom is -0.331 e. The van der Waals surface area contributed by atoms with E-state index in [9.17, 15) is 9.18 Å². The monoisotopic (exact) mass is 265 g/mol. The summed E-state index contributed by atoms with van der Waals surface area (Å²) in [6.07, 6.45) is 5.59. The second-order valence-corrected chi connectivity index (χ2v) is 3.80. The van der Waals surface area contributed by atoms with Crippen LogP contribution in [-0.4, -0.2) is 15.9 Å². The summed E-state index contributed by atoms with van der Waals surface area (Å²) in [4.78, 5) is 18.0. The number of imidazole rings is 1. The molecule has 0 radical (unpaired) electrons. The molecule has 0 bridgehead atoms. The van der Waals surface area contributed by atoms with E-state index in [2.05, 4.69) is 15.3 Å². The Bertz CT molecular complexity index is 561. The molecule has 6 heteroatoms. The van der Waals surface area contributed by atoms with Crippen molar-refractivity contribution in [3.05, 3.63) is 53.1 Å². The van der Waals surface area contributed by atoms with Crippen LogP contribution in [0.25, 0.3) is 6.08 Å². The highest BCUT2D eigenvalue weighted by atomic mass is 35.5. The molecule has 1 aromatic heterocycles. The Labute approximate surface area is 108 Å². The summed E-state index contributed by atoms with van der Waals surface area (Å²) >= 11 is 5.81. The number of anilines is 1. The number of hydrogen-bond donors (Lipinski definition) is 2. The average Bonchev–Trinajstić information content (AvgIpc) is 2.81. The zero-order valence-electron chi connectivity index (χ0n) is 9.15. The lowest BCUT2D eigenvalue weighted by Crippen LogP contribution is -2.08. The molecule has 0 saturated carbocycles. The van der Waals surface area contributed by atoms with E-state index >= 15 is 0 Å². The molecule has 0 saturated heterocycles. The first kappa shape index (κ1) is 12.3. The molecule has 4 nitrogen and oxygen atoms in total. The van der Waals surface area contributed by atoms with Crippen molar-refractivity contribution in [2.24, 2.45) is 0 Å². The number of nitrogens with one attached hydrogen (secondary N) is 2. The molecule has 18 heavy (non-hydrogen) atoms. The molecular weight excluding hydrogens is 257 g/mol. The third-order valence-corrected chi connectivity index (χ3v) is 2.47. The summed E-state index contributed by atoms with van der Waals surface area (Å²) in [6.45, 7) is 0. The van der Waals surface area contributed by atoms with Gasteiger partial charge in [0.2, 0.25) is 5.95 Å². The maximum Gasteiger partial charge on any atom is 0.250 e. The van der Waals surface area contributed by atoms with Crippen LogP contribution in [0.4, 0.5) is 10.3 Å². The predicted octanol–water partition coefficient (Wildman–Crippen LogP) is 2.85. The van der Waals surface area contributed by atoms with Crippen LogP contribution >= 0.6 is 11.6 Å². The maximum atomic E-state index is 13.4. The highest BCUT2D eigenvalue weighted by molar-refractivity contribution is 6.32. The van der Waals surface area contributed by atoms with Crippen LogP contribution in [0.5, 0.6) is 0 Å². The normalized spacial score (nSPS) is 10.8. The number of rotatable bonds is 3. The van der Waals surface area contributed by atoms with Gasteiger partial charge in [-0.2, -0.15) is 0 Å². The van der Waals surface area contributed by atoms with E-state index < -0.39 is 11.7 Å². The van der Waals surface area contributed by atoms with Crippen molar-refractivity contribution in [2.45, 2.75) is 0 Å². The van der Waals surface area contributed by atoms with Crippen LogP contribution in [0.15, 0.2) is 36.7 Å². The van der Waals surface area contributed by atoms with Gasteiger partial charge < -0.3 is 4.98 Å². The molecule has 1 heterocycles. The van der Waals surface area contributed by atoms with Crippen molar-refractivity contribution < 1.29 is 9.18 Å². The molecule has 2 rings (SSSR count). The molecule has 1 aromatic carbocycles. The van der Waals surface area contributed by atoms with Crippen molar-refractivity contribution in [3.63, 3.8) is 0 Å². The molecule has 2 aromatic rings. The fourth-order valence-corrected chi connectivity index (χ4v) is 1.55. The zero-order valence-corrected chi connectivity index (χ0v) is 9.91. The Hall–Kier alpha value is -2.14. The van der Waals surface area contributed by atoms with Crippen LogP contribution in [-0.2, 0) is 4.79 Å². The van der Waals surface area contributed by atoms with E-state index in [1.54, 1.807) is 12.3 Å². The van der Waals surface area contributed by atoms with E-state index in [0.717, 1.165) is 0 Å². The summed E-state index contributed by atoms with van der Waals surface area (Å²) in [5.74, 6) is -0.585. The fourth-order valence-electron chi connectivity index (χ4n) is 1.32. The minimum atomic E-state index is -0.482. The summed E-state index contributed by atoms with van der Waals surface area (Å²) in [5.41, 5.74) is 0.175. The van der Waals surface area contributed by atoms with E-state index in [1.165, 1.54) is 30.5 Å². The van der Waals surface area contributed by atoms with E-state index in [0.29, 0.717) is 5.95 Å². The maximum absolute atomic E-state index is 13.4. The Kier molecular flexibility index (Phi) is 3.74. The zero-order chi connectivity index (χ0) is 13.0. The van der Waals surface area contributed by atoms with E-state index in [4.69, 9.17) is 11.6 Å². The molecule has 2 N–H and O–H groups in total. The third-order valence-electron chi connectivity index (χ3n) is 2.14. The molecule has 0 atom stereocenters. The quantitative estimate of drug-likeness (QED) is 0.839. The minimum absolute atomic E-state index is 0.175. The number of amides is 1. The topological polar surface area (TPSA) is 57.8 Å². The highest BCUT2D eigenvalue weighted by Gasteiger charge is 2.04. The van der Waals surface area contributed by atoms with Gasteiger partial charge in [0.1, 0.15) is 5.82 Å². The van der Waals surface area contributed by atoms with Gasteiger partial charge >= 0.3 is 0 Å². The standard InChI is InChI=1S/C12H9ClFN3O/c13-9-2-1-3-10(14)8(9)4-5-11(18)17-12-15-6-7-16-12/h1-7H,(H2,15,16,17,18). The Morgan fingerprint density at radius 2 is 2.33 bits per heavy atom. The van der Waals surface area contributed by atoms with Crippen LogP contribution in [0.1, 0.15) is 5.56 Å². The molecule has 0 unspecified atom stereocenters. The molecule has 0 fully saturated rings. The number of halogens is 2. The molecule has 0 aliphatic carbocycles. The van der Waals surface area contributed by atoms with Gasteiger partial charge in [-0.25, -0.2) is 9.37 Å². The Morgan fingerprint density at radius 3 is 3.00 bits per heavy atom. The first-order chi connectivity index (χ1) is 8.66. The van der Waals surface area contributed by atoms with E-state index in [1.807, 2.05) is 0 Å². The van der Waals surface area contributed by atoms with Gasteiger partial charge in [0.25, 0.3) is 5.91 Å². The van der Waals surface area contributed by atoms with Crippen molar-refractivity contribution in [2.75, 3.05) is 5.32 Å². The summed E-state index contributed by atoms with van der Waals surface area (Å²) in [6, 6.07) is 4.32. The van der Waals surface area contributed by atoms with Crippen LogP contribution < -0.4 is 5.32 Å². The second-order valence-electron chi connectivity index (χ2n) is 3.40. The van der Waals surface area contributed by atoms with Gasteiger partial charge in [-0.15, -0.1) is 0 Å². The molecular formula is C12H9ClFN3O. The molecule has 1 amide bonds. The number of carbonyl (C=O) groups is 1. The van der Waals surface area contributed by atoms with Crippen LogP contribution in [0.3, 0.4) is 0 Å². The SMILES string of the molecule is O=C(C=Cc1c(F)cccc1Cl)Nc1ncc[nH]1. The Balaban J connectivity index is 2.09. The highest BCUT2D eigenvalue weighted by Crippen LogP contribution is 2.20. The summed E-state index contributed by atoms with van der Waals surface area (Å²) < 4.78 is 13.4. The number of nitrogens with zero attached hydrogens (tertiary/aromatic N) is 1. The van der Waals surface area contributed by atoms with Gasteiger partial charge in [0, 0.05) is 24.0 Å². The summed E-state index contributed by atoms with van der Waals surface area (Å²) in [7, 11) is 0. The lowest BCUT2D eigenvalue weighted by atomic mass is 10.2.